The number of amides is 2. The van der Waals surface area contributed by atoms with Crippen molar-refractivity contribution in [1.82, 2.24) is 15.5 Å². The van der Waals surface area contributed by atoms with Crippen molar-refractivity contribution in [1.29, 1.82) is 0 Å². The van der Waals surface area contributed by atoms with Crippen LogP contribution < -0.4 is 15.4 Å². The minimum absolute atomic E-state index is 0.220. The average molecular weight is 244 g/mol. The number of nitrogens with zero attached hydrogens (tertiary/aromatic N) is 1. The normalized spacial score (nSPS) is 17.6. The third kappa shape index (κ3) is 1.67. The van der Waals surface area contributed by atoms with Crippen molar-refractivity contribution in [2.75, 3.05) is 12.4 Å². The molecule has 1 aromatic heterocycles. The van der Waals surface area contributed by atoms with E-state index in [9.17, 15) is 4.79 Å². The number of aromatic amines is 1. The lowest BCUT2D eigenvalue weighted by Gasteiger charge is -2.26. The van der Waals surface area contributed by atoms with Gasteiger partial charge in [0.1, 0.15) is 5.75 Å². The van der Waals surface area contributed by atoms with Crippen LogP contribution in [0.1, 0.15) is 17.3 Å². The quantitative estimate of drug-likeness (QED) is 0.751. The summed E-state index contributed by atoms with van der Waals surface area (Å²) in [5.41, 5.74) is 2.56. The molecule has 1 atom stereocenters. The predicted octanol–water partition coefficient (Wildman–Crippen LogP) is 1.64. The average Bonchev–Trinajstić information content (AvgIpc) is 2.90. The molecule has 3 N–H and O–H groups in total. The van der Waals surface area contributed by atoms with Crippen molar-refractivity contribution in [2.24, 2.45) is 0 Å². The number of benzene rings is 1. The number of H-pyrrole nitrogens is 1. The van der Waals surface area contributed by atoms with E-state index in [1.54, 1.807) is 19.4 Å². The molecule has 0 saturated heterocycles. The molecule has 1 aliphatic rings. The second kappa shape index (κ2) is 4.06. The van der Waals surface area contributed by atoms with E-state index in [0.717, 1.165) is 16.9 Å². The molecule has 0 spiro atoms. The van der Waals surface area contributed by atoms with Gasteiger partial charge in [0.25, 0.3) is 0 Å². The summed E-state index contributed by atoms with van der Waals surface area (Å²) >= 11 is 0. The Kier molecular flexibility index (Phi) is 2.40. The van der Waals surface area contributed by atoms with Crippen LogP contribution in [0, 0.1) is 0 Å². The van der Waals surface area contributed by atoms with Gasteiger partial charge in [-0.15, -0.1) is 0 Å². The Labute approximate surface area is 103 Å². The van der Waals surface area contributed by atoms with Gasteiger partial charge >= 0.3 is 6.03 Å². The van der Waals surface area contributed by atoms with Crippen LogP contribution in [0.15, 0.2) is 30.5 Å². The van der Waals surface area contributed by atoms with E-state index in [-0.39, 0.29) is 12.1 Å². The number of aromatic nitrogens is 2. The highest BCUT2D eigenvalue weighted by molar-refractivity contribution is 5.93. The van der Waals surface area contributed by atoms with Crippen LogP contribution >= 0.6 is 0 Å². The monoisotopic (exact) mass is 244 g/mol. The fourth-order valence-corrected chi connectivity index (χ4v) is 2.06. The van der Waals surface area contributed by atoms with Crippen LogP contribution in [0.2, 0.25) is 0 Å². The van der Waals surface area contributed by atoms with Crippen molar-refractivity contribution >= 4 is 11.7 Å². The summed E-state index contributed by atoms with van der Waals surface area (Å²) < 4.78 is 5.15. The molecule has 1 aliphatic heterocycles. The molecule has 18 heavy (non-hydrogen) atoms. The number of urea groups is 1. The van der Waals surface area contributed by atoms with Gasteiger partial charge in [0.05, 0.1) is 24.5 Å². The fraction of sp³-hybridized carbons (Fsp3) is 0.167. The summed E-state index contributed by atoms with van der Waals surface area (Å²) in [5.74, 6) is 0.708. The number of hydrogen-bond donors (Lipinski definition) is 3. The highest BCUT2D eigenvalue weighted by Gasteiger charge is 2.26. The zero-order valence-electron chi connectivity index (χ0n) is 9.73. The predicted molar refractivity (Wildman–Crippen MR) is 65.6 cm³/mol. The number of carbonyl (C=O) groups excluding carboxylic acids is 1. The molecule has 1 aromatic carbocycles. The zero-order valence-corrected chi connectivity index (χ0v) is 9.73. The summed E-state index contributed by atoms with van der Waals surface area (Å²) in [6.45, 7) is 0. The third-order valence-electron chi connectivity index (χ3n) is 2.93. The molecule has 0 fully saturated rings. The number of fused-ring (bicyclic) bond motifs is 1. The molecular formula is C12H12N4O2. The van der Waals surface area contributed by atoms with Gasteiger partial charge < -0.3 is 15.4 Å². The van der Waals surface area contributed by atoms with Crippen LogP contribution in [-0.2, 0) is 0 Å². The van der Waals surface area contributed by atoms with Crippen molar-refractivity contribution in [3.05, 3.63) is 41.7 Å². The summed E-state index contributed by atoms with van der Waals surface area (Å²) in [4.78, 5) is 11.6. The molecule has 92 valence electrons. The first-order valence-corrected chi connectivity index (χ1v) is 5.52. The topological polar surface area (TPSA) is 79.0 Å². The fourth-order valence-electron chi connectivity index (χ4n) is 2.06. The minimum Gasteiger partial charge on any atom is -0.497 e. The smallest absolute Gasteiger partial charge is 0.320 e. The Morgan fingerprint density at radius 2 is 2.22 bits per heavy atom. The Morgan fingerprint density at radius 1 is 1.33 bits per heavy atom. The molecule has 6 heteroatoms. The largest absolute Gasteiger partial charge is 0.497 e. The van der Waals surface area contributed by atoms with Crippen LogP contribution in [0.4, 0.5) is 10.5 Å². The minimum atomic E-state index is -0.240. The van der Waals surface area contributed by atoms with Gasteiger partial charge in [0.2, 0.25) is 0 Å². The highest BCUT2D eigenvalue weighted by atomic mass is 16.5. The molecule has 0 aliphatic carbocycles. The van der Waals surface area contributed by atoms with Crippen LogP contribution in [0.5, 0.6) is 5.75 Å². The Bertz CT molecular complexity index is 580. The first-order chi connectivity index (χ1) is 8.78. The zero-order chi connectivity index (χ0) is 12.5. The van der Waals surface area contributed by atoms with Gasteiger partial charge in [-0.05, 0) is 12.1 Å². The Balaban J connectivity index is 2.08. The van der Waals surface area contributed by atoms with E-state index in [1.165, 1.54) is 0 Å². The summed E-state index contributed by atoms with van der Waals surface area (Å²) in [7, 11) is 1.59. The van der Waals surface area contributed by atoms with E-state index in [4.69, 9.17) is 4.74 Å². The van der Waals surface area contributed by atoms with Gasteiger partial charge in [-0.3, -0.25) is 5.10 Å². The SMILES string of the molecule is COc1ccc2c(c1)NC(=O)NC2c1ccn[nH]1. The second-order valence-electron chi connectivity index (χ2n) is 4.00. The first kappa shape index (κ1) is 10.6. The number of nitrogens with one attached hydrogen (secondary N) is 3. The van der Waals surface area contributed by atoms with Crippen LogP contribution in [0.25, 0.3) is 0 Å². The van der Waals surface area contributed by atoms with Crippen molar-refractivity contribution in [2.45, 2.75) is 6.04 Å². The van der Waals surface area contributed by atoms with E-state index < -0.39 is 0 Å². The standard InChI is InChI=1S/C12H12N4O2/c1-18-7-2-3-8-10(6-7)14-12(17)15-11(8)9-4-5-13-16-9/h2-6,11H,1H3,(H,13,16)(H2,14,15,17). The lowest BCUT2D eigenvalue weighted by atomic mass is 10.00. The van der Waals surface area contributed by atoms with Crippen molar-refractivity contribution in [3.8, 4) is 5.75 Å². The van der Waals surface area contributed by atoms with Crippen LogP contribution in [-0.4, -0.2) is 23.3 Å². The van der Waals surface area contributed by atoms with E-state index in [1.807, 2.05) is 18.2 Å². The maximum absolute atomic E-state index is 11.6. The van der Waals surface area contributed by atoms with E-state index >= 15 is 0 Å². The Morgan fingerprint density at radius 3 is 2.94 bits per heavy atom. The first-order valence-electron chi connectivity index (χ1n) is 5.52. The van der Waals surface area contributed by atoms with E-state index in [2.05, 4.69) is 20.8 Å². The number of carbonyl (C=O) groups is 1. The molecule has 0 radical (unpaired) electrons. The number of rotatable bonds is 2. The molecule has 1 unspecified atom stereocenters. The summed E-state index contributed by atoms with van der Waals surface area (Å²) in [6.07, 6.45) is 1.66. The van der Waals surface area contributed by atoms with Crippen molar-refractivity contribution < 1.29 is 9.53 Å². The van der Waals surface area contributed by atoms with Gasteiger partial charge in [-0.1, -0.05) is 6.07 Å². The summed E-state index contributed by atoms with van der Waals surface area (Å²) in [6, 6.07) is 6.97. The molecule has 2 aromatic rings. The molecule has 2 amide bonds. The maximum Gasteiger partial charge on any atom is 0.320 e. The lowest BCUT2D eigenvalue weighted by Crippen LogP contribution is -2.38. The molecule has 6 nitrogen and oxygen atoms in total. The lowest BCUT2D eigenvalue weighted by molar-refractivity contribution is 0.248. The van der Waals surface area contributed by atoms with Gasteiger partial charge in [0.15, 0.2) is 0 Å². The molecular weight excluding hydrogens is 232 g/mol. The summed E-state index contributed by atoms with van der Waals surface area (Å²) in [5, 5.41) is 12.4. The maximum atomic E-state index is 11.6. The van der Waals surface area contributed by atoms with Gasteiger partial charge in [0, 0.05) is 17.8 Å². The van der Waals surface area contributed by atoms with Crippen molar-refractivity contribution in [3.63, 3.8) is 0 Å². The molecule has 0 saturated carbocycles. The second-order valence-corrected chi connectivity index (χ2v) is 4.00. The number of anilines is 1. The van der Waals surface area contributed by atoms with E-state index in [0.29, 0.717) is 5.75 Å². The highest BCUT2D eigenvalue weighted by Crippen LogP contribution is 2.33. The third-order valence-corrected chi connectivity index (χ3v) is 2.93. The molecule has 2 heterocycles. The number of methoxy groups -OCH3 is 1. The molecule has 0 bridgehead atoms. The number of ether oxygens (including phenoxy) is 1. The van der Waals surface area contributed by atoms with Crippen LogP contribution in [0.3, 0.4) is 0 Å². The van der Waals surface area contributed by atoms with Gasteiger partial charge in [-0.2, -0.15) is 5.10 Å². The molecule has 3 rings (SSSR count). The van der Waals surface area contributed by atoms with Gasteiger partial charge in [-0.25, -0.2) is 4.79 Å². The Hall–Kier alpha value is -2.50. The number of hydrogen-bond acceptors (Lipinski definition) is 3.